The maximum absolute atomic E-state index is 12.5. The molecule has 1 saturated carbocycles. The lowest BCUT2D eigenvalue weighted by Crippen LogP contribution is -2.35. The predicted molar refractivity (Wildman–Crippen MR) is 102 cm³/mol. The van der Waals surface area contributed by atoms with Crippen LogP contribution in [0, 0.1) is 17.2 Å². The van der Waals surface area contributed by atoms with Gasteiger partial charge in [-0.1, -0.05) is 12.8 Å². The molecule has 1 saturated heterocycles. The zero-order chi connectivity index (χ0) is 18.6. The van der Waals surface area contributed by atoms with E-state index in [1.807, 2.05) is 6.07 Å². The zero-order valence-electron chi connectivity index (χ0n) is 15.3. The molecule has 1 amide bonds. The van der Waals surface area contributed by atoms with E-state index in [1.54, 1.807) is 18.5 Å². The molecule has 2 fully saturated rings. The number of nitriles is 1. The minimum atomic E-state index is 0.122. The van der Waals surface area contributed by atoms with Crippen molar-refractivity contribution in [1.82, 2.24) is 15.2 Å². The second kappa shape index (κ2) is 7.78. The van der Waals surface area contributed by atoms with E-state index in [0.717, 1.165) is 68.8 Å². The highest BCUT2D eigenvalue weighted by Crippen LogP contribution is 2.33. The molecule has 2 N–H and O–H groups in total. The molecule has 0 unspecified atom stereocenters. The molecule has 1 atom stereocenters. The minimum absolute atomic E-state index is 0.122. The van der Waals surface area contributed by atoms with Crippen LogP contribution in [0.2, 0.25) is 0 Å². The number of H-pyrrole nitrogens is 1. The lowest BCUT2D eigenvalue weighted by atomic mass is 9.94. The highest BCUT2D eigenvalue weighted by atomic mass is 16.1. The maximum Gasteiger partial charge on any atom is 0.227 e. The summed E-state index contributed by atoms with van der Waals surface area (Å²) in [4.78, 5) is 19.1. The largest absolute Gasteiger partial charge is 0.356 e. The highest BCUT2D eigenvalue weighted by molar-refractivity contribution is 5.93. The Morgan fingerprint density at radius 2 is 2.07 bits per heavy atom. The van der Waals surface area contributed by atoms with Crippen LogP contribution in [-0.2, 0) is 4.79 Å². The fraction of sp³-hybridized carbons (Fsp3) is 0.500. The highest BCUT2D eigenvalue weighted by Gasteiger charge is 2.28. The summed E-state index contributed by atoms with van der Waals surface area (Å²) in [5, 5.41) is 19.3. The number of rotatable bonds is 4. The second-order valence-corrected chi connectivity index (χ2v) is 7.47. The Labute approximate surface area is 158 Å². The summed E-state index contributed by atoms with van der Waals surface area (Å²) >= 11 is 0. The molecule has 0 radical (unpaired) electrons. The molecular weight excluding hydrogens is 340 g/mol. The van der Waals surface area contributed by atoms with Gasteiger partial charge in [0.25, 0.3) is 0 Å². The van der Waals surface area contributed by atoms with Crippen molar-refractivity contribution in [2.75, 3.05) is 23.3 Å². The van der Waals surface area contributed by atoms with Crippen LogP contribution in [0.3, 0.4) is 0 Å². The van der Waals surface area contributed by atoms with Crippen molar-refractivity contribution in [3.63, 3.8) is 0 Å². The molecule has 2 aromatic rings. The Bertz CT molecular complexity index is 831. The van der Waals surface area contributed by atoms with Gasteiger partial charge in [-0.15, -0.1) is 0 Å². The fourth-order valence-electron chi connectivity index (χ4n) is 4.19. The number of nitrogens with zero attached hydrogens (tertiary/aromatic N) is 4. The first kappa shape index (κ1) is 17.5. The van der Waals surface area contributed by atoms with Crippen LogP contribution in [0.1, 0.15) is 55.7 Å². The lowest BCUT2D eigenvalue weighted by Gasteiger charge is -2.33. The molecule has 140 valence electrons. The standard InChI is InChI=1S/C20H24N6O/c21-10-14-7-8-18(22-11-14)26-9-3-6-16(13-26)19-17(12-23-25-19)24-20(27)15-4-1-2-5-15/h7-8,11-12,15-16H,1-6,9,13H2,(H,23,25)(H,24,27)/t16-/m1/s1. The molecule has 4 rings (SSSR count). The minimum Gasteiger partial charge on any atom is -0.356 e. The maximum atomic E-state index is 12.5. The summed E-state index contributed by atoms with van der Waals surface area (Å²) in [7, 11) is 0. The number of hydrogen-bond acceptors (Lipinski definition) is 5. The predicted octanol–water partition coefficient (Wildman–Crippen LogP) is 3.19. The van der Waals surface area contributed by atoms with E-state index in [9.17, 15) is 4.79 Å². The van der Waals surface area contributed by atoms with Gasteiger partial charge in [-0.2, -0.15) is 10.4 Å². The van der Waals surface area contributed by atoms with Gasteiger partial charge in [0.05, 0.1) is 23.1 Å². The number of carbonyl (C=O) groups is 1. The summed E-state index contributed by atoms with van der Waals surface area (Å²) in [5.41, 5.74) is 2.38. The summed E-state index contributed by atoms with van der Waals surface area (Å²) < 4.78 is 0. The van der Waals surface area contributed by atoms with Gasteiger partial charge >= 0.3 is 0 Å². The van der Waals surface area contributed by atoms with Crippen molar-refractivity contribution >= 4 is 17.4 Å². The normalized spacial score (nSPS) is 20.4. The molecule has 0 aromatic carbocycles. The molecule has 0 spiro atoms. The Hall–Kier alpha value is -2.88. The fourth-order valence-corrected chi connectivity index (χ4v) is 4.19. The van der Waals surface area contributed by atoms with Crippen molar-refractivity contribution in [3.05, 3.63) is 35.8 Å². The lowest BCUT2D eigenvalue weighted by molar-refractivity contribution is -0.119. The van der Waals surface area contributed by atoms with Crippen LogP contribution in [0.25, 0.3) is 0 Å². The summed E-state index contributed by atoms with van der Waals surface area (Å²) in [6.07, 6.45) is 9.68. The Kier molecular flexibility index (Phi) is 5.05. The monoisotopic (exact) mass is 364 g/mol. The molecule has 7 heteroatoms. The molecule has 7 nitrogen and oxygen atoms in total. The van der Waals surface area contributed by atoms with Crippen LogP contribution in [0.5, 0.6) is 0 Å². The van der Waals surface area contributed by atoms with Gasteiger partial charge in [-0.3, -0.25) is 9.89 Å². The van der Waals surface area contributed by atoms with Gasteiger partial charge in [0.1, 0.15) is 11.9 Å². The Balaban J connectivity index is 1.46. The molecule has 3 heterocycles. The van der Waals surface area contributed by atoms with E-state index in [2.05, 4.69) is 31.5 Å². The van der Waals surface area contributed by atoms with Crippen molar-refractivity contribution in [3.8, 4) is 6.07 Å². The number of nitrogens with one attached hydrogen (secondary N) is 2. The van der Waals surface area contributed by atoms with Crippen molar-refractivity contribution in [2.24, 2.45) is 5.92 Å². The topological polar surface area (TPSA) is 97.7 Å². The molecule has 27 heavy (non-hydrogen) atoms. The SMILES string of the molecule is N#Cc1ccc(N2CCC[C@@H](c3[nH]ncc3NC(=O)C3CCCC3)C2)nc1. The van der Waals surface area contributed by atoms with Gasteiger partial charge in [0, 0.05) is 31.1 Å². The zero-order valence-corrected chi connectivity index (χ0v) is 15.3. The molecule has 2 aliphatic rings. The number of carbonyl (C=O) groups excluding carboxylic acids is 1. The summed E-state index contributed by atoms with van der Waals surface area (Å²) in [5.74, 6) is 1.40. The van der Waals surface area contributed by atoms with Crippen molar-refractivity contribution in [2.45, 2.75) is 44.4 Å². The van der Waals surface area contributed by atoms with Crippen LogP contribution in [-0.4, -0.2) is 34.2 Å². The first-order valence-electron chi connectivity index (χ1n) is 9.70. The number of pyridine rings is 1. The Morgan fingerprint density at radius 3 is 2.81 bits per heavy atom. The van der Waals surface area contributed by atoms with Crippen LogP contribution in [0.4, 0.5) is 11.5 Å². The van der Waals surface area contributed by atoms with Crippen LogP contribution in [0.15, 0.2) is 24.5 Å². The first-order chi connectivity index (χ1) is 13.2. The van der Waals surface area contributed by atoms with E-state index in [1.165, 1.54) is 0 Å². The average Bonchev–Trinajstić information content (AvgIpc) is 3.40. The molecule has 0 bridgehead atoms. The third-order valence-corrected chi connectivity index (χ3v) is 5.68. The van der Waals surface area contributed by atoms with Gasteiger partial charge in [0.2, 0.25) is 5.91 Å². The number of amides is 1. The molecule has 2 aromatic heterocycles. The number of piperidine rings is 1. The van der Waals surface area contributed by atoms with E-state index < -0.39 is 0 Å². The molecule has 1 aliphatic carbocycles. The van der Waals surface area contributed by atoms with Gasteiger partial charge in [-0.05, 0) is 37.8 Å². The summed E-state index contributed by atoms with van der Waals surface area (Å²) in [6, 6.07) is 5.80. The second-order valence-electron chi connectivity index (χ2n) is 7.47. The number of aromatic nitrogens is 3. The van der Waals surface area contributed by atoms with Gasteiger partial charge < -0.3 is 10.2 Å². The van der Waals surface area contributed by atoms with Gasteiger partial charge in [0.15, 0.2) is 0 Å². The number of hydrogen-bond donors (Lipinski definition) is 2. The number of anilines is 2. The number of aromatic amines is 1. The molecular formula is C20H24N6O. The third-order valence-electron chi connectivity index (χ3n) is 5.68. The van der Waals surface area contributed by atoms with Gasteiger partial charge in [-0.25, -0.2) is 4.98 Å². The first-order valence-corrected chi connectivity index (χ1v) is 9.70. The van der Waals surface area contributed by atoms with E-state index in [-0.39, 0.29) is 17.7 Å². The third kappa shape index (κ3) is 3.80. The summed E-state index contributed by atoms with van der Waals surface area (Å²) in [6.45, 7) is 1.75. The van der Waals surface area contributed by atoms with E-state index >= 15 is 0 Å². The van der Waals surface area contributed by atoms with E-state index in [4.69, 9.17) is 5.26 Å². The van der Waals surface area contributed by atoms with Crippen LogP contribution < -0.4 is 10.2 Å². The quantitative estimate of drug-likeness (QED) is 0.868. The Morgan fingerprint density at radius 1 is 1.22 bits per heavy atom. The van der Waals surface area contributed by atoms with Crippen molar-refractivity contribution in [1.29, 1.82) is 5.26 Å². The smallest absolute Gasteiger partial charge is 0.227 e. The van der Waals surface area contributed by atoms with Crippen LogP contribution >= 0.6 is 0 Å². The molecule has 1 aliphatic heterocycles. The average molecular weight is 364 g/mol. The van der Waals surface area contributed by atoms with E-state index in [0.29, 0.717) is 5.56 Å². The van der Waals surface area contributed by atoms with Crippen molar-refractivity contribution < 1.29 is 4.79 Å².